The predicted octanol–water partition coefficient (Wildman–Crippen LogP) is 1.44. The van der Waals surface area contributed by atoms with Crippen molar-refractivity contribution in [2.45, 2.75) is 44.1 Å². The molecule has 114 valence electrons. The fraction of sp³-hybridized carbons (Fsp3) is 0.643. The van der Waals surface area contributed by atoms with Crippen LogP contribution in [0.1, 0.15) is 59.6 Å². The minimum Gasteiger partial charge on any atom is -0.480 e. The Bertz CT molecular complexity index is 574. The minimum atomic E-state index is -1.08. The number of carboxylic acid groups (broad SMARTS) is 2. The van der Waals surface area contributed by atoms with Gasteiger partial charge in [0.1, 0.15) is 11.9 Å². The van der Waals surface area contributed by atoms with Crippen LogP contribution < -0.4 is 0 Å². The van der Waals surface area contributed by atoms with Gasteiger partial charge in [-0.05, 0) is 32.1 Å². The van der Waals surface area contributed by atoms with Crippen LogP contribution in [-0.2, 0) is 16.0 Å². The Balaban J connectivity index is 2.10. The van der Waals surface area contributed by atoms with Crippen LogP contribution in [0.2, 0.25) is 0 Å². The zero-order valence-corrected chi connectivity index (χ0v) is 11.6. The lowest BCUT2D eigenvalue weighted by Crippen LogP contribution is -2.29. The van der Waals surface area contributed by atoms with E-state index in [1.807, 2.05) is 0 Å². The van der Waals surface area contributed by atoms with Gasteiger partial charge in [0.2, 0.25) is 0 Å². The lowest BCUT2D eigenvalue weighted by molar-refractivity contribution is -0.141. The van der Waals surface area contributed by atoms with E-state index in [2.05, 4.69) is 4.98 Å². The number of carboxylic acids is 2. The molecule has 0 amide bonds. The summed E-state index contributed by atoms with van der Waals surface area (Å²) < 4.78 is 7.00. The first-order valence-electron chi connectivity index (χ1n) is 7.24. The number of hydrogen-bond acceptors (Lipinski definition) is 4. The van der Waals surface area contributed by atoms with E-state index in [0.717, 1.165) is 12.8 Å². The highest BCUT2D eigenvalue weighted by molar-refractivity contribution is 5.87. The summed E-state index contributed by atoms with van der Waals surface area (Å²) in [5.41, 5.74) is 0.574. The van der Waals surface area contributed by atoms with Gasteiger partial charge in [-0.1, -0.05) is 0 Å². The third-order valence-corrected chi connectivity index (χ3v) is 4.31. The summed E-state index contributed by atoms with van der Waals surface area (Å²) in [7, 11) is 0. The average molecular weight is 294 g/mol. The number of imidazole rings is 1. The van der Waals surface area contributed by atoms with Crippen LogP contribution >= 0.6 is 0 Å². The highest BCUT2D eigenvalue weighted by Gasteiger charge is 2.35. The van der Waals surface area contributed by atoms with E-state index in [-0.39, 0.29) is 11.6 Å². The van der Waals surface area contributed by atoms with Crippen LogP contribution in [-0.4, -0.2) is 44.9 Å². The van der Waals surface area contributed by atoms with Crippen molar-refractivity contribution >= 4 is 11.9 Å². The highest BCUT2D eigenvalue weighted by atomic mass is 16.5. The number of nitrogens with zero attached hydrogens (tertiary/aromatic N) is 2. The summed E-state index contributed by atoms with van der Waals surface area (Å²) in [6.45, 7) is 1.21. The molecule has 7 heteroatoms. The Hall–Kier alpha value is -1.89. The van der Waals surface area contributed by atoms with Crippen LogP contribution in [0, 0.1) is 0 Å². The van der Waals surface area contributed by atoms with E-state index < -0.39 is 18.0 Å². The zero-order valence-electron chi connectivity index (χ0n) is 11.6. The number of ether oxygens (including phenoxy) is 1. The molecule has 21 heavy (non-hydrogen) atoms. The van der Waals surface area contributed by atoms with E-state index in [1.165, 1.54) is 0 Å². The molecule has 3 rings (SSSR count). The monoisotopic (exact) mass is 294 g/mol. The van der Waals surface area contributed by atoms with Crippen LogP contribution in [0.3, 0.4) is 0 Å². The van der Waals surface area contributed by atoms with Crippen molar-refractivity contribution in [3.05, 3.63) is 17.2 Å². The van der Waals surface area contributed by atoms with Crippen molar-refractivity contribution in [2.24, 2.45) is 0 Å². The molecule has 0 saturated carbocycles. The first-order chi connectivity index (χ1) is 10.1. The van der Waals surface area contributed by atoms with E-state index in [4.69, 9.17) is 4.74 Å². The zero-order chi connectivity index (χ0) is 15.0. The predicted molar refractivity (Wildman–Crippen MR) is 71.6 cm³/mol. The molecule has 1 saturated heterocycles. The quantitative estimate of drug-likeness (QED) is 0.874. The standard InChI is InChI=1S/C14H18N2O5/c17-13(18)10-3-1-2-9-11(14(19)20)15-12(16(9)10)8-4-6-21-7-5-8/h8,10H,1-7H2,(H,17,18)(H,19,20). The Morgan fingerprint density at radius 1 is 1.19 bits per heavy atom. The molecule has 0 radical (unpaired) electrons. The largest absolute Gasteiger partial charge is 0.480 e. The van der Waals surface area contributed by atoms with Crippen LogP contribution in [0.4, 0.5) is 0 Å². The summed E-state index contributed by atoms with van der Waals surface area (Å²) in [6.07, 6.45) is 3.27. The van der Waals surface area contributed by atoms with Gasteiger partial charge in [0, 0.05) is 19.1 Å². The summed E-state index contributed by atoms with van der Waals surface area (Å²) >= 11 is 0. The van der Waals surface area contributed by atoms with Crippen LogP contribution in [0.5, 0.6) is 0 Å². The van der Waals surface area contributed by atoms with Gasteiger partial charge in [-0.2, -0.15) is 0 Å². The number of hydrogen-bond donors (Lipinski definition) is 2. The van der Waals surface area contributed by atoms with E-state index in [9.17, 15) is 19.8 Å². The lowest BCUT2D eigenvalue weighted by atomic mass is 9.96. The number of aliphatic carboxylic acids is 1. The third-order valence-electron chi connectivity index (χ3n) is 4.31. The Labute approximate surface area is 121 Å². The molecule has 0 aromatic carbocycles. The molecule has 0 spiro atoms. The maximum atomic E-state index is 11.5. The Morgan fingerprint density at radius 3 is 2.52 bits per heavy atom. The fourth-order valence-electron chi connectivity index (χ4n) is 3.31. The van der Waals surface area contributed by atoms with Crippen molar-refractivity contribution in [1.29, 1.82) is 0 Å². The smallest absolute Gasteiger partial charge is 0.356 e. The van der Waals surface area contributed by atoms with Gasteiger partial charge in [-0.25, -0.2) is 14.6 Å². The molecule has 7 nitrogen and oxygen atoms in total. The topological polar surface area (TPSA) is 102 Å². The molecular formula is C14H18N2O5. The maximum absolute atomic E-state index is 11.5. The highest BCUT2D eigenvalue weighted by Crippen LogP contribution is 2.35. The summed E-state index contributed by atoms with van der Waals surface area (Å²) in [5.74, 6) is -1.31. The fourth-order valence-corrected chi connectivity index (χ4v) is 3.31. The van der Waals surface area contributed by atoms with E-state index >= 15 is 0 Å². The number of aromatic nitrogens is 2. The molecule has 0 bridgehead atoms. The normalized spacial score (nSPS) is 22.8. The molecule has 2 N–H and O–H groups in total. The van der Waals surface area contributed by atoms with Crippen LogP contribution in [0.15, 0.2) is 0 Å². The second-order valence-corrected chi connectivity index (χ2v) is 5.57. The van der Waals surface area contributed by atoms with Gasteiger partial charge in [-0.3, -0.25) is 0 Å². The van der Waals surface area contributed by atoms with Gasteiger partial charge < -0.3 is 19.5 Å². The summed E-state index contributed by atoms with van der Waals surface area (Å²) in [6, 6.07) is -0.702. The SMILES string of the molecule is O=C(O)c1nc(C2CCOCC2)n2c1CCCC2C(=O)O. The first-order valence-corrected chi connectivity index (χ1v) is 7.24. The van der Waals surface area contributed by atoms with Gasteiger partial charge in [0.05, 0.1) is 5.69 Å². The van der Waals surface area contributed by atoms with Gasteiger partial charge in [-0.15, -0.1) is 0 Å². The average Bonchev–Trinajstić information content (AvgIpc) is 2.87. The van der Waals surface area contributed by atoms with Crippen molar-refractivity contribution in [1.82, 2.24) is 9.55 Å². The van der Waals surface area contributed by atoms with Crippen LogP contribution in [0.25, 0.3) is 0 Å². The molecular weight excluding hydrogens is 276 g/mol. The van der Waals surface area contributed by atoms with Crippen molar-refractivity contribution < 1.29 is 24.5 Å². The second-order valence-electron chi connectivity index (χ2n) is 5.57. The first kappa shape index (κ1) is 14.1. The van der Waals surface area contributed by atoms with Crippen molar-refractivity contribution in [3.8, 4) is 0 Å². The molecule has 1 unspecified atom stereocenters. The Morgan fingerprint density at radius 2 is 1.90 bits per heavy atom. The van der Waals surface area contributed by atoms with E-state index in [1.54, 1.807) is 4.57 Å². The minimum absolute atomic E-state index is 0.0161. The number of rotatable bonds is 3. The summed E-state index contributed by atoms with van der Waals surface area (Å²) in [4.78, 5) is 27.2. The maximum Gasteiger partial charge on any atom is 0.356 e. The molecule has 2 aliphatic rings. The molecule has 1 aromatic heterocycles. The van der Waals surface area contributed by atoms with Crippen molar-refractivity contribution in [2.75, 3.05) is 13.2 Å². The molecule has 1 aromatic rings. The van der Waals surface area contributed by atoms with E-state index in [0.29, 0.717) is 44.0 Å². The number of aromatic carboxylic acids is 1. The molecule has 1 fully saturated rings. The molecule has 2 aliphatic heterocycles. The van der Waals surface area contributed by atoms with Gasteiger partial charge in [0.25, 0.3) is 0 Å². The molecule has 1 atom stereocenters. The molecule has 0 aliphatic carbocycles. The molecule has 3 heterocycles. The third kappa shape index (κ3) is 2.42. The lowest BCUT2D eigenvalue weighted by Gasteiger charge is -2.28. The Kier molecular flexibility index (Phi) is 3.67. The summed E-state index contributed by atoms with van der Waals surface area (Å²) in [5, 5.41) is 18.8. The number of carbonyl (C=O) groups is 2. The van der Waals surface area contributed by atoms with Gasteiger partial charge in [0.15, 0.2) is 5.69 Å². The second kappa shape index (κ2) is 5.48. The number of fused-ring (bicyclic) bond motifs is 1. The van der Waals surface area contributed by atoms with Gasteiger partial charge >= 0.3 is 11.9 Å². The van der Waals surface area contributed by atoms with Crippen molar-refractivity contribution in [3.63, 3.8) is 0 Å².